The third-order valence-corrected chi connectivity index (χ3v) is 4.22. The highest BCUT2D eigenvalue weighted by Crippen LogP contribution is 2.36. The van der Waals surface area contributed by atoms with Gasteiger partial charge in [0.25, 0.3) is 0 Å². The fourth-order valence-corrected chi connectivity index (χ4v) is 2.89. The van der Waals surface area contributed by atoms with Crippen molar-refractivity contribution in [3.8, 4) is 5.75 Å². The number of aromatic nitrogens is 2. The molecular weight excluding hydrogens is 358 g/mol. The van der Waals surface area contributed by atoms with Gasteiger partial charge in [-0.1, -0.05) is 36.4 Å². The summed E-state index contributed by atoms with van der Waals surface area (Å²) in [4.78, 5) is 21.4. The molecule has 0 saturated heterocycles. The monoisotopic (exact) mass is 379 g/mol. The van der Waals surface area contributed by atoms with Crippen LogP contribution < -0.4 is 15.0 Å². The lowest BCUT2D eigenvalue weighted by Crippen LogP contribution is -2.20. The van der Waals surface area contributed by atoms with E-state index >= 15 is 0 Å². The van der Waals surface area contributed by atoms with Crippen LogP contribution in [-0.2, 0) is 6.54 Å². The van der Waals surface area contributed by atoms with E-state index in [0.29, 0.717) is 18.0 Å². The molecule has 0 aliphatic rings. The maximum Gasteiger partial charge on any atom is 0.353 e. The summed E-state index contributed by atoms with van der Waals surface area (Å²) in [6.45, 7) is 2.41. The van der Waals surface area contributed by atoms with Crippen molar-refractivity contribution >= 4 is 23.0 Å². The minimum atomic E-state index is -0.471. The smallest absolute Gasteiger partial charge is 0.353 e. The molecule has 8 heteroatoms. The van der Waals surface area contributed by atoms with E-state index in [4.69, 9.17) is 4.74 Å². The quantitative estimate of drug-likeness (QED) is 0.488. The number of anilines is 3. The molecule has 0 radical (unpaired) electrons. The minimum absolute atomic E-state index is 0.110. The molecule has 0 fully saturated rings. The van der Waals surface area contributed by atoms with Gasteiger partial charge in [0.2, 0.25) is 11.6 Å². The second kappa shape index (κ2) is 8.34. The molecule has 3 rings (SSSR count). The van der Waals surface area contributed by atoms with Crippen LogP contribution in [0.15, 0.2) is 54.9 Å². The molecule has 0 atom stereocenters. The van der Waals surface area contributed by atoms with Gasteiger partial charge in [0.05, 0.1) is 17.7 Å². The first kappa shape index (κ1) is 19.1. The Kier molecular flexibility index (Phi) is 5.69. The van der Waals surface area contributed by atoms with Crippen LogP contribution in [0.3, 0.4) is 0 Å². The van der Waals surface area contributed by atoms with Crippen LogP contribution in [0, 0.1) is 17.0 Å². The number of nitro groups is 1. The van der Waals surface area contributed by atoms with E-state index in [0.717, 1.165) is 11.1 Å². The van der Waals surface area contributed by atoms with E-state index in [1.807, 2.05) is 49.4 Å². The van der Waals surface area contributed by atoms with Crippen LogP contribution in [-0.4, -0.2) is 29.0 Å². The van der Waals surface area contributed by atoms with Gasteiger partial charge < -0.3 is 15.0 Å². The molecule has 0 aliphatic heterocycles. The maximum absolute atomic E-state index is 11.8. The maximum atomic E-state index is 11.8. The summed E-state index contributed by atoms with van der Waals surface area (Å²) in [6, 6.07) is 15.2. The zero-order valence-corrected chi connectivity index (χ0v) is 15.9. The number of rotatable bonds is 7. The van der Waals surface area contributed by atoms with Gasteiger partial charge in [0, 0.05) is 13.6 Å². The van der Waals surface area contributed by atoms with Crippen molar-refractivity contribution < 1.29 is 9.66 Å². The van der Waals surface area contributed by atoms with E-state index in [-0.39, 0.29) is 17.3 Å². The standard InChI is InChI=1S/C20H21N5O3/c1-14-9-10-17(28-3)16(11-14)23-19-18(25(26)27)20(22-13-21-19)24(2)12-15-7-5-4-6-8-15/h4-11,13H,12H2,1-3H3,(H,21,22,23). The van der Waals surface area contributed by atoms with Crippen LogP contribution in [0.2, 0.25) is 0 Å². The molecule has 28 heavy (non-hydrogen) atoms. The zero-order chi connectivity index (χ0) is 20.1. The van der Waals surface area contributed by atoms with Crippen molar-refractivity contribution in [3.05, 3.63) is 76.1 Å². The molecular formula is C20H21N5O3. The fourth-order valence-electron chi connectivity index (χ4n) is 2.89. The normalized spacial score (nSPS) is 10.4. The predicted molar refractivity (Wildman–Crippen MR) is 108 cm³/mol. The zero-order valence-electron chi connectivity index (χ0n) is 15.9. The van der Waals surface area contributed by atoms with E-state index in [1.165, 1.54) is 6.33 Å². The molecule has 0 bridgehead atoms. The summed E-state index contributed by atoms with van der Waals surface area (Å²) in [6.07, 6.45) is 1.31. The highest BCUT2D eigenvalue weighted by molar-refractivity contribution is 5.76. The molecule has 0 saturated carbocycles. The topological polar surface area (TPSA) is 93.4 Å². The Morgan fingerprint density at radius 1 is 1.18 bits per heavy atom. The van der Waals surface area contributed by atoms with Gasteiger partial charge in [-0.3, -0.25) is 10.1 Å². The number of methoxy groups -OCH3 is 1. The molecule has 1 aromatic heterocycles. The first-order chi connectivity index (χ1) is 13.5. The fraction of sp³-hybridized carbons (Fsp3) is 0.200. The second-order valence-corrected chi connectivity index (χ2v) is 6.32. The molecule has 1 N–H and O–H groups in total. The van der Waals surface area contributed by atoms with Gasteiger partial charge in [0.1, 0.15) is 12.1 Å². The lowest BCUT2D eigenvalue weighted by Gasteiger charge is -2.19. The Morgan fingerprint density at radius 3 is 2.61 bits per heavy atom. The van der Waals surface area contributed by atoms with Gasteiger partial charge in [-0.05, 0) is 30.2 Å². The molecule has 1 heterocycles. The van der Waals surface area contributed by atoms with Crippen molar-refractivity contribution in [2.75, 3.05) is 24.4 Å². The number of aryl methyl sites for hydroxylation is 1. The van der Waals surface area contributed by atoms with Crippen molar-refractivity contribution in [2.24, 2.45) is 0 Å². The Bertz CT molecular complexity index is 979. The third kappa shape index (κ3) is 4.17. The molecule has 8 nitrogen and oxygen atoms in total. The summed E-state index contributed by atoms with van der Waals surface area (Å²) in [5.74, 6) is 0.912. The number of nitrogens with zero attached hydrogens (tertiary/aromatic N) is 4. The van der Waals surface area contributed by atoms with Crippen molar-refractivity contribution in [1.82, 2.24) is 9.97 Å². The lowest BCUT2D eigenvalue weighted by atomic mass is 10.2. The van der Waals surface area contributed by atoms with E-state index in [2.05, 4.69) is 15.3 Å². The van der Waals surface area contributed by atoms with E-state index in [9.17, 15) is 10.1 Å². The number of hydrogen-bond acceptors (Lipinski definition) is 7. The first-order valence-corrected chi connectivity index (χ1v) is 8.65. The molecule has 3 aromatic rings. The lowest BCUT2D eigenvalue weighted by molar-refractivity contribution is -0.383. The number of nitrogens with one attached hydrogen (secondary N) is 1. The number of hydrogen-bond donors (Lipinski definition) is 1. The summed E-state index contributed by atoms with van der Waals surface area (Å²) in [5.41, 5.74) is 2.42. The molecule has 0 amide bonds. The Hall–Kier alpha value is -3.68. The van der Waals surface area contributed by atoms with Gasteiger partial charge in [0.15, 0.2) is 0 Å². The molecule has 0 aliphatic carbocycles. The minimum Gasteiger partial charge on any atom is -0.495 e. The SMILES string of the molecule is COc1ccc(C)cc1Nc1ncnc(N(C)Cc2ccccc2)c1[N+](=O)[O-]. The average molecular weight is 379 g/mol. The van der Waals surface area contributed by atoms with Crippen molar-refractivity contribution in [3.63, 3.8) is 0 Å². The molecule has 0 spiro atoms. The van der Waals surface area contributed by atoms with Crippen LogP contribution in [0.1, 0.15) is 11.1 Å². The van der Waals surface area contributed by atoms with Crippen molar-refractivity contribution in [1.29, 1.82) is 0 Å². The highest BCUT2D eigenvalue weighted by atomic mass is 16.6. The second-order valence-electron chi connectivity index (χ2n) is 6.32. The Labute approximate surface area is 163 Å². The summed E-state index contributed by atoms with van der Waals surface area (Å²) in [7, 11) is 3.31. The van der Waals surface area contributed by atoms with Gasteiger partial charge in [-0.2, -0.15) is 0 Å². The van der Waals surface area contributed by atoms with Gasteiger partial charge in [-0.25, -0.2) is 9.97 Å². The predicted octanol–water partition coefficient (Wildman–Crippen LogP) is 4.08. The van der Waals surface area contributed by atoms with Crippen LogP contribution in [0.4, 0.5) is 23.0 Å². The van der Waals surface area contributed by atoms with Gasteiger partial charge >= 0.3 is 5.69 Å². The first-order valence-electron chi connectivity index (χ1n) is 8.65. The van der Waals surface area contributed by atoms with E-state index in [1.54, 1.807) is 25.1 Å². The molecule has 144 valence electrons. The largest absolute Gasteiger partial charge is 0.495 e. The Balaban J connectivity index is 1.98. The van der Waals surface area contributed by atoms with Crippen LogP contribution in [0.25, 0.3) is 0 Å². The van der Waals surface area contributed by atoms with Crippen LogP contribution in [0.5, 0.6) is 5.75 Å². The summed E-state index contributed by atoms with van der Waals surface area (Å²) < 4.78 is 5.34. The summed E-state index contributed by atoms with van der Waals surface area (Å²) >= 11 is 0. The molecule has 0 unspecified atom stereocenters. The van der Waals surface area contributed by atoms with Crippen molar-refractivity contribution in [2.45, 2.75) is 13.5 Å². The van der Waals surface area contributed by atoms with Crippen LogP contribution >= 0.6 is 0 Å². The summed E-state index contributed by atoms with van der Waals surface area (Å²) in [5, 5.41) is 14.9. The number of benzene rings is 2. The van der Waals surface area contributed by atoms with Gasteiger partial charge in [-0.15, -0.1) is 0 Å². The Morgan fingerprint density at radius 2 is 1.93 bits per heavy atom. The average Bonchev–Trinajstić information content (AvgIpc) is 2.68. The molecule has 2 aromatic carbocycles. The third-order valence-electron chi connectivity index (χ3n) is 4.22. The highest BCUT2D eigenvalue weighted by Gasteiger charge is 2.26. The van der Waals surface area contributed by atoms with E-state index < -0.39 is 4.92 Å². The number of ether oxygens (including phenoxy) is 1.